The van der Waals surface area contributed by atoms with Crippen LogP contribution < -0.4 is 0 Å². The molecule has 6 heteroatoms. The Hall–Kier alpha value is -0.169. The van der Waals surface area contributed by atoms with Gasteiger partial charge in [-0.2, -0.15) is 0 Å². The molecule has 0 heterocycles. The van der Waals surface area contributed by atoms with E-state index >= 15 is 0 Å². The van der Waals surface area contributed by atoms with Crippen LogP contribution in [0.3, 0.4) is 0 Å². The van der Waals surface area contributed by atoms with Crippen molar-refractivity contribution in [3.05, 3.63) is 30.3 Å². The van der Waals surface area contributed by atoms with E-state index < -0.39 is 8.32 Å². The minimum Gasteiger partial charge on any atom is -0.508 e. The maximum atomic E-state index is 8.66. The van der Waals surface area contributed by atoms with Crippen LogP contribution in [0.1, 0.15) is 27.7 Å². The predicted octanol–water partition coefficient (Wildman–Crippen LogP) is 2.98. The molecule has 0 aliphatic rings. The predicted molar refractivity (Wildman–Crippen MR) is 88.4 cm³/mol. The molecule has 4 N–H and O–H groups in total. The first-order chi connectivity index (χ1) is 8.86. The van der Waals surface area contributed by atoms with Crippen molar-refractivity contribution in [3.8, 4) is 5.75 Å². The second-order valence-electron chi connectivity index (χ2n) is 5.69. The number of phenols is 1. The topological polar surface area (TPSA) is 80.9 Å². The Morgan fingerprint density at radius 3 is 1.10 bits per heavy atom. The molecule has 0 radical (unpaired) electrons. The SMILES string of the molecule is CC(C)O.CC(C)O.C[Si](C)(C)O.Oc1ccccc1.[Ti]. The molecule has 0 saturated heterocycles. The number of para-hydroxylation sites is 1. The molecule has 0 atom stereocenters. The molecule has 0 spiro atoms. The van der Waals surface area contributed by atoms with E-state index in [1.807, 2.05) is 25.7 Å². The van der Waals surface area contributed by atoms with Crippen LogP contribution in [-0.4, -0.2) is 40.6 Å². The Morgan fingerprint density at radius 1 is 0.810 bits per heavy atom. The van der Waals surface area contributed by atoms with Crippen molar-refractivity contribution in [2.24, 2.45) is 0 Å². The monoisotopic (exact) mass is 352 g/mol. The van der Waals surface area contributed by atoms with E-state index in [9.17, 15) is 0 Å². The molecular formula is C15H32O4SiTi. The van der Waals surface area contributed by atoms with E-state index in [2.05, 4.69) is 0 Å². The van der Waals surface area contributed by atoms with Crippen molar-refractivity contribution < 1.29 is 41.8 Å². The number of benzene rings is 1. The molecular weight excluding hydrogens is 320 g/mol. The van der Waals surface area contributed by atoms with Crippen LogP contribution in [0.2, 0.25) is 19.6 Å². The van der Waals surface area contributed by atoms with E-state index in [0.29, 0.717) is 5.75 Å². The van der Waals surface area contributed by atoms with Gasteiger partial charge in [-0.15, -0.1) is 0 Å². The first kappa shape index (κ1) is 28.9. The largest absolute Gasteiger partial charge is 0.508 e. The van der Waals surface area contributed by atoms with Gasteiger partial charge in [-0.05, 0) is 59.5 Å². The summed E-state index contributed by atoms with van der Waals surface area (Å²) >= 11 is 0. The van der Waals surface area contributed by atoms with Gasteiger partial charge >= 0.3 is 0 Å². The van der Waals surface area contributed by atoms with Crippen LogP contribution >= 0.6 is 0 Å². The average Bonchev–Trinajstić information content (AvgIpc) is 2.13. The fourth-order valence-electron chi connectivity index (χ4n) is 0.428. The molecule has 0 unspecified atom stereocenters. The molecule has 0 aliphatic heterocycles. The summed E-state index contributed by atoms with van der Waals surface area (Å²) in [5, 5.41) is 24.7. The number of hydrogen-bond donors (Lipinski definition) is 4. The third-order valence-electron chi connectivity index (χ3n) is 0.756. The zero-order valence-electron chi connectivity index (χ0n) is 14.3. The summed E-state index contributed by atoms with van der Waals surface area (Å²) in [6, 6.07) is 8.71. The second-order valence-corrected chi connectivity index (χ2v) is 10.0. The van der Waals surface area contributed by atoms with Gasteiger partial charge in [0.1, 0.15) is 5.75 Å². The van der Waals surface area contributed by atoms with Crippen molar-refractivity contribution in [2.45, 2.75) is 59.5 Å². The molecule has 0 fully saturated rings. The van der Waals surface area contributed by atoms with Gasteiger partial charge in [0.25, 0.3) is 0 Å². The zero-order valence-corrected chi connectivity index (χ0v) is 16.9. The van der Waals surface area contributed by atoms with Crippen LogP contribution in [-0.2, 0) is 21.7 Å². The minimum absolute atomic E-state index is 0. The van der Waals surface area contributed by atoms with E-state index in [0.717, 1.165) is 0 Å². The van der Waals surface area contributed by atoms with Crippen LogP contribution in [0.5, 0.6) is 5.75 Å². The van der Waals surface area contributed by atoms with Gasteiger partial charge in [-0.25, -0.2) is 0 Å². The fourth-order valence-corrected chi connectivity index (χ4v) is 0.428. The van der Waals surface area contributed by atoms with Gasteiger partial charge in [-0.3, -0.25) is 0 Å². The number of aliphatic hydroxyl groups is 2. The first-order valence-corrected chi connectivity index (χ1v) is 10.1. The van der Waals surface area contributed by atoms with Gasteiger partial charge < -0.3 is 20.1 Å². The molecule has 0 amide bonds. The summed E-state index contributed by atoms with van der Waals surface area (Å²) in [6.45, 7) is 12.5. The first-order valence-electron chi connectivity index (χ1n) is 6.68. The summed E-state index contributed by atoms with van der Waals surface area (Å²) in [4.78, 5) is 8.66. The van der Waals surface area contributed by atoms with Gasteiger partial charge in [0, 0.05) is 33.9 Å². The van der Waals surface area contributed by atoms with Gasteiger partial charge in [0.15, 0.2) is 8.32 Å². The summed E-state index contributed by atoms with van der Waals surface area (Å²) in [5.74, 6) is 0.322. The summed E-state index contributed by atoms with van der Waals surface area (Å²) in [5.41, 5.74) is 0. The Morgan fingerprint density at radius 2 is 1.00 bits per heavy atom. The summed E-state index contributed by atoms with van der Waals surface area (Å²) < 4.78 is 0. The van der Waals surface area contributed by atoms with Crippen LogP contribution in [0.15, 0.2) is 30.3 Å². The average molecular weight is 352 g/mol. The molecule has 4 nitrogen and oxygen atoms in total. The smallest absolute Gasteiger partial charge is 0.179 e. The van der Waals surface area contributed by atoms with Crippen molar-refractivity contribution in [2.75, 3.05) is 0 Å². The minimum atomic E-state index is -1.61. The maximum Gasteiger partial charge on any atom is 0.179 e. The fraction of sp³-hybridized carbons (Fsp3) is 0.600. The molecule has 0 aliphatic carbocycles. The molecule has 1 rings (SSSR count). The number of rotatable bonds is 0. The van der Waals surface area contributed by atoms with Crippen molar-refractivity contribution in [1.29, 1.82) is 0 Å². The number of aliphatic hydroxyl groups excluding tert-OH is 2. The Balaban J connectivity index is -0.0000000937. The van der Waals surface area contributed by atoms with Gasteiger partial charge in [0.05, 0.1) is 0 Å². The molecule has 1 aromatic rings. The van der Waals surface area contributed by atoms with Crippen LogP contribution in [0.25, 0.3) is 0 Å². The Labute approximate surface area is 145 Å². The summed E-state index contributed by atoms with van der Waals surface area (Å²) in [6.07, 6.45) is -0.333. The second kappa shape index (κ2) is 17.9. The van der Waals surface area contributed by atoms with Crippen molar-refractivity contribution in [3.63, 3.8) is 0 Å². The van der Waals surface area contributed by atoms with Crippen molar-refractivity contribution >= 4 is 8.32 Å². The van der Waals surface area contributed by atoms with E-state index in [-0.39, 0.29) is 33.9 Å². The third kappa shape index (κ3) is 103. The zero-order chi connectivity index (χ0) is 16.8. The molecule has 0 bridgehead atoms. The number of phenolic OH excluding ortho intramolecular Hbond substituents is 1. The number of aromatic hydroxyl groups is 1. The standard InChI is InChI=1S/C6H6O.C3H10OSi.2C3H8O.Ti/c7-6-4-2-1-3-5-6;1-5(2,3)4;2*1-3(2)4;/h1-5,7H;4H,1-3H3;2*3-4H,1-2H3;. The quantitative estimate of drug-likeness (QED) is 0.541. The third-order valence-corrected chi connectivity index (χ3v) is 0.756. The van der Waals surface area contributed by atoms with Crippen LogP contribution in [0.4, 0.5) is 0 Å². The van der Waals surface area contributed by atoms with Gasteiger partial charge in [0.2, 0.25) is 0 Å². The van der Waals surface area contributed by atoms with E-state index in [1.54, 1.807) is 52.0 Å². The summed E-state index contributed by atoms with van der Waals surface area (Å²) in [7, 11) is -1.61. The van der Waals surface area contributed by atoms with E-state index in [1.165, 1.54) is 0 Å². The van der Waals surface area contributed by atoms with Gasteiger partial charge in [-0.1, -0.05) is 18.2 Å². The normalized spacial score (nSPS) is 9.14. The number of hydrogen-bond acceptors (Lipinski definition) is 4. The Bertz CT molecular complexity index is 270. The molecule has 0 aromatic heterocycles. The Kier molecular flexibility index (Phi) is 24.6. The molecule has 1 aromatic carbocycles. The maximum absolute atomic E-state index is 8.66. The van der Waals surface area contributed by atoms with E-state index in [4.69, 9.17) is 20.1 Å². The molecule has 124 valence electrons. The molecule has 21 heavy (non-hydrogen) atoms. The van der Waals surface area contributed by atoms with Crippen LogP contribution in [0, 0.1) is 0 Å². The molecule has 0 saturated carbocycles. The van der Waals surface area contributed by atoms with Crippen molar-refractivity contribution in [1.82, 2.24) is 0 Å².